The third kappa shape index (κ3) is 2.79. The van der Waals surface area contributed by atoms with Crippen LogP contribution >= 0.6 is 22.9 Å². The second kappa shape index (κ2) is 6.05. The lowest BCUT2D eigenvalue weighted by Gasteiger charge is -2.36. The summed E-state index contributed by atoms with van der Waals surface area (Å²) >= 11 is 7.90. The Bertz CT molecular complexity index is 707. The van der Waals surface area contributed by atoms with E-state index in [0.29, 0.717) is 6.04 Å². The van der Waals surface area contributed by atoms with Gasteiger partial charge in [-0.2, -0.15) is 0 Å². The fourth-order valence-corrected chi connectivity index (χ4v) is 4.15. The van der Waals surface area contributed by atoms with Crippen molar-refractivity contribution in [2.24, 2.45) is 0 Å². The first-order chi connectivity index (χ1) is 10.5. The molecule has 1 aromatic carbocycles. The van der Waals surface area contributed by atoms with Gasteiger partial charge in [-0.1, -0.05) is 22.9 Å². The molecule has 4 nitrogen and oxygen atoms in total. The van der Waals surface area contributed by atoms with Crippen molar-refractivity contribution in [2.45, 2.75) is 32.7 Å². The predicted molar refractivity (Wildman–Crippen MR) is 93.0 cm³/mol. The van der Waals surface area contributed by atoms with Crippen LogP contribution in [0.2, 0.25) is 5.02 Å². The minimum Gasteiger partial charge on any atom is -0.348 e. The molecule has 0 bridgehead atoms. The van der Waals surface area contributed by atoms with E-state index in [4.69, 9.17) is 16.6 Å². The SMILES string of the molecule is CC(=O)N(C)C1CCN(c2nc3c(C)c(Cl)ccc3s2)CC1. The highest BCUT2D eigenvalue weighted by molar-refractivity contribution is 7.22. The number of nitrogens with zero attached hydrogens (tertiary/aromatic N) is 3. The highest BCUT2D eigenvalue weighted by atomic mass is 35.5. The molecule has 22 heavy (non-hydrogen) atoms. The molecule has 1 amide bonds. The molecule has 1 saturated heterocycles. The van der Waals surface area contributed by atoms with Gasteiger partial charge in [0.15, 0.2) is 5.13 Å². The summed E-state index contributed by atoms with van der Waals surface area (Å²) in [5.41, 5.74) is 2.06. The Morgan fingerprint density at radius 1 is 1.41 bits per heavy atom. The average molecular weight is 338 g/mol. The molecular weight excluding hydrogens is 318 g/mol. The van der Waals surface area contributed by atoms with E-state index in [1.807, 2.05) is 31.0 Å². The third-order valence-corrected chi connectivity index (χ3v) is 6.01. The van der Waals surface area contributed by atoms with Crippen molar-refractivity contribution in [3.8, 4) is 0 Å². The number of piperidine rings is 1. The van der Waals surface area contributed by atoms with E-state index in [2.05, 4.69) is 4.90 Å². The number of rotatable bonds is 2. The van der Waals surface area contributed by atoms with E-state index in [1.165, 1.54) is 4.70 Å². The molecule has 0 spiro atoms. The van der Waals surface area contributed by atoms with Crippen molar-refractivity contribution in [1.29, 1.82) is 0 Å². The lowest BCUT2D eigenvalue weighted by molar-refractivity contribution is -0.129. The van der Waals surface area contributed by atoms with E-state index in [9.17, 15) is 4.79 Å². The van der Waals surface area contributed by atoms with Crippen LogP contribution in [0, 0.1) is 6.92 Å². The Morgan fingerprint density at radius 2 is 2.09 bits per heavy atom. The zero-order valence-electron chi connectivity index (χ0n) is 13.1. The Labute approximate surface area is 139 Å². The molecule has 1 aliphatic heterocycles. The molecule has 1 aromatic heterocycles. The number of thiazole rings is 1. The average Bonchev–Trinajstić information content (AvgIpc) is 2.95. The second-order valence-corrected chi connectivity index (χ2v) is 7.28. The van der Waals surface area contributed by atoms with Crippen LogP contribution in [-0.2, 0) is 4.79 Å². The summed E-state index contributed by atoms with van der Waals surface area (Å²) in [6.07, 6.45) is 1.98. The van der Waals surface area contributed by atoms with Crippen LogP contribution in [0.4, 0.5) is 5.13 Å². The molecule has 0 saturated carbocycles. The number of fused-ring (bicyclic) bond motifs is 1. The van der Waals surface area contributed by atoms with Gasteiger partial charge >= 0.3 is 0 Å². The molecule has 0 atom stereocenters. The van der Waals surface area contributed by atoms with Crippen molar-refractivity contribution < 1.29 is 4.79 Å². The van der Waals surface area contributed by atoms with Crippen LogP contribution in [0.3, 0.4) is 0 Å². The molecule has 0 radical (unpaired) electrons. The van der Waals surface area contributed by atoms with Crippen molar-refractivity contribution in [2.75, 3.05) is 25.0 Å². The molecule has 0 aliphatic carbocycles. The number of benzene rings is 1. The highest BCUT2D eigenvalue weighted by Crippen LogP contribution is 2.34. The maximum Gasteiger partial charge on any atom is 0.219 e. The topological polar surface area (TPSA) is 36.4 Å². The first kappa shape index (κ1) is 15.6. The number of hydrogen-bond donors (Lipinski definition) is 0. The van der Waals surface area contributed by atoms with Gasteiger partial charge in [0.25, 0.3) is 0 Å². The monoisotopic (exact) mass is 337 g/mol. The van der Waals surface area contributed by atoms with Gasteiger partial charge in [0, 0.05) is 38.1 Å². The summed E-state index contributed by atoms with van der Waals surface area (Å²) in [4.78, 5) is 20.4. The fourth-order valence-electron chi connectivity index (χ4n) is 2.93. The predicted octanol–water partition coefficient (Wildman–Crippen LogP) is 3.71. The van der Waals surface area contributed by atoms with Crippen molar-refractivity contribution in [3.05, 3.63) is 22.7 Å². The zero-order chi connectivity index (χ0) is 15.9. The smallest absolute Gasteiger partial charge is 0.219 e. The molecule has 118 valence electrons. The summed E-state index contributed by atoms with van der Waals surface area (Å²) in [5.74, 6) is 0.142. The van der Waals surface area contributed by atoms with Gasteiger partial charge in [-0.3, -0.25) is 4.79 Å². The highest BCUT2D eigenvalue weighted by Gasteiger charge is 2.25. The number of aromatic nitrogens is 1. The van der Waals surface area contributed by atoms with Gasteiger partial charge in [0.1, 0.15) is 0 Å². The van der Waals surface area contributed by atoms with Crippen molar-refractivity contribution in [3.63, 3.8) is 0 Å². The van der Waals surface area contributed by atoms with Crippen LogP contribution in [0.15, 0.2) is 12.1 Å². The van der Waals surface area contributed by atoms with Gasteiger partial charge in [0.05, 0.1) is 10.2 Å². The van der Waals surface area contributed by atoms with Crippen LogP contribution in [-0.4, -0.2) is 42.0 Å². The maximum absolute atomic E-state index is 11.5. The summed E-state index contributed by atoms with van der Waals surface area (Å²) in [6.45, 7) is 5.53. The van der Waals surface area contributed by atoms with E-state index >= 15 is 0 Å². The number of aryl methyl sites for hydroxylation is 1. The van der Waals surface area contributed by atoms with Crippen LogP contribution in [0.5, 0.6) is 0 Å². The molecule has 1 aliphatic rings. The van der Waals surface area contributed by atoms with Gasteiger partial charge in [-0.25, -0.2) is 4.98 Å². The van der Waals surface area contributed by atoms with Crippen LogP contribution in [0.25, 0.3) is 10.2 Å². The minimum absolute atomic E-state index is 0.142. The van der Waals surface area contributed by atoms with E-state index in [0.717, 1.165) is 47.2 Å². The Hall–Kier alpha value is -1.33. The van der Waals surface area contributed by atoms with Crippen molar-refractivity contribution >= 4 is 44.2 Å². The zero-order valence-corrected chi connectivity index (χ0v) is 14.7. The molecule has 3 rings (SSSR count). The van der Waals surface area contributed by atoms with Gasteiger partial charge in [-0.05, 0) is 37.5 Å². The standard InChI is InChI=1S/C16H20ClN3OS/c1-10-13(17)4-5-14-15(10)18-16(22-14)20-8-6-12(7-9-20)19(3)11(2)21/h4-5,12H,6-9H2,1-3H3. The first-order valence-corrected chi connectivity index (χ1v) is 8.71. The lowest BCUT2D eigenvalue weighted by Crippen LogP contribution is -2.45. The Kier molecular flexibility index (Phi) is 4.28. The fraction of sp³-hybridized carbons (Fsp3) is 0.500. The quantitative estimate of drug-likeness (QED) is 0.838. The Balaban J connectivity index is 1.77. The van der Waals surface area contributed by atoms with E-state index < -0.39 is 0 Å². The largest absolute Gasteiger partial charge is 0.348 e. The molecule has 1 fully saturated rings. The number of halogens is 1. The molecule has 0 unspecified atom stereocenters. The molecule has 0 N–H and O–H groups in total. The van der Waals surface area contributed by atoms with Crippen LogP contribution < -0.4 is 4.90 Å². The second-order valence-electron chi connectivity index (χ2n) is 5.86. The third-order valence-electron chi connectivity index (χ3n) is 4.52. The van der Waals surface area contributed by atoms with Gasteiger partial charge < -0.3 is 9.80 Å². The summed E-state index contributed by atoms with van der Waals surface area (Å²) in [6, 6.07) is 4.33. The molecular formula is C16H20ClN3OS. The van der Waals surface area contributed by atoms with Gasteiger partial charge in [0.2, 0.25) is 5.91 Å². The number of hydrogen-bond acceptors (Lipinski definition) is 4. The number of amides is 1. The van der Waals surface area contributed by atoms with Gasteiger partial charge in [-0.15, -0.1) is 0 Å². The maximum atomic E-state index is 11.5. The molecule has 2 heterocycles. The summed E-state index contributed by atoms with van der Waals surface area (Å²) in [7, 11) is 1.89. The summed E-state index contributed by atoms with van der Waals surface area (Å²) < 4.78 is 1.18. The minimum atomic E-state index is 0.142. The molecule has 6 heteroatoms. The lowest BCUT2D eigenvalue weighted by atomic mass is 10.0. The first-order valence-electron chi connectivity index (χ1n) is 7.51. The van der Waals surface area contributed by atoms with Crippen molar-refractivity contribution in [1.82, 2.24) is 9.88 Å². The summed E-state index contributed by atoms with van der Waals surface area (Å²) in [5, 5.41) is 1.83. The Morgan fingerprint density at radius 3 is 2.73 bits per heavy atom. The van der Waals surface area contributed by atoms with E-state index in [-0.39, 0.29) is 5.91 Å². The van der Waals surface area contributed by atoms with Crippen LogP contribution in [0.1, 0.15) is 25.3 Å². The number of carbonyl (C=O) groups is 1. The number of anilines is 1. The normalized spacial score (nSPS) is 16.3. The van der Waals surface area contributed by atoms with E-state index in [1.54, 1.807) is 18.3 Å². The molecule has 2 aromatic rings. The number of carbonyl (C=O) groups excluding carboxylic acids is 1.